The Labute approximate surface area is 82.3 Å². The van der Waals surface area contributed by atoms with Crippen molar-refractivity contribution in [1.29, 1.82) is 0 Å². The summed E-state index contributed by atoms with van der Waals surface area (Å²) in [6, 6.07) is 2.89. The van der Waals surface area contributed by atoms with Crippen molar-refractivity contribution in [3.05, 3.63) is 38.4 Å². The summed E-state index contributed by atoms with van der Waals surface area (Å²) in [5, 5.41) is 20.7. The van der Waals surface area contributed by atoms with Crippen LogP contribution in [0.3, 0.4) is 0 Å². The van der Waals surface area contributed by atoms with E-state index in [0.717, 1.165) is 18.2 Å². The number of hydrogen-bond donors (Lipinski definition) is 0. The molecule has 0 aliphatic heterocycles. The Bertz CT molecular complexity index is 394. The van der Waals surface area contributed by atoms with Gasteiger partial charge in [0, 0.05) is 6.07 Å². The highest BCUT2D eigenvalue weighted by Gasteiger charge is 2.20. The fourth-order valence-corrected chi connectivity index (χ4v) is 0.958. The van der Waals surface area contributed by atoms with Crippen molar-refractivity contribution in [1.82, 2.24) is 0 Å². The van der Waals surface area contributed by atoms with Crippen molar-refractivity contribution >= 4 is 23.2 Å². The summed E-state index contributed by atoms with van der Waals surface area (Å²) in [6.45, 7) is 0. The standard InChI is InChI=1S/C6H3ClN2O5/c7-14-6-2-1-4(8(10)11)3-5(6)9(12)13/h1-3H. The van der Waals surface area contributed by atoms with Crippen molar-refractivity contribution in [2.24, 2.45) is 0 Å². The maximum atomic E-state index is 10.4. The lowest BCUT2D eigenvalue weighted by molar-refractivity contribution is -0.394. The minimum absolute atomic E-state index is 0.234. The Kier molecular flexibility index (Phi) is 2.82. The molecule has 1 aromatic carbocycles. The molecule has 0 aliphatic rings. The number of hydrogen-bond acceptors (Lipinski definition) is 5. The summed E-state index contributed by atoms with van der Waals surface area (Å²) in [6.07, 6.45) is 0. The zero-order valence-electron chi connectivity index (χ0n) is 6.55. The topological polar surface area (TPSA) is 95.5 Å². The molecule has 14 heavy (non-hydrogen) atoms. The molecular weight excluding hydrogens is 216 g/mol. The second-order valence-corrected chi connectivity index (χ2v) is 2.40. The Morgan fingerprint density at radius 3 is 2.29 bits per heavy atom. The van der Waals surface area contributed by atoms with E-state index in [2.05, 4.69) is 4.29 Å². The predicted molar refractivity (Wildman–Crippen MR) is 46.2 cm³/mol. The van der Waals surface area contributed by atoms with Crippen LogP contribution in [0.2, 0.25) is 0 Å². The Hall–Kier alpha value is -1.89. The second-order valence-electron chi connectivity index (χ2n) is 2.24. The van der Waals surface area contributed by atoms with E-state index in [1.807, 2.05) is 0 Å². The van der Waals surface area contributed by atoms with Gasteiger partial charge in [-0.05, 0) is 6.07 Å². The van der Waals surface area contributed by atoms with E-state index < -0.39 is 21.2 Å². The molecule has 0 radical (unpaired) electrons. The number of non-ortho nitro benzene ring substituents is 1. The molecule has 0 N–H and O–H groups in total. The highest BCUT2D eigenvalue weighted by Crippen LogP contribution is 2.31. The number of nitro benzene ring substituents is 2. The fraction of sp³-hybridized carbons (Fsp3) is 0. The zero-order valence-corrected chi connectivity index (χ0v) is 7.30. The van der Waals surface area contributed by atoms with E-state index in [-0.39, 0.29) is 5.75 Å². The van der Waals surface area contributed by atoms with E-state index in [0.29, 0.717) is 0 Å². The van der Waals surface area contributed by atoms with E-state index in [1.165, 1.54) is 0 Å². The molecule has 0 heterocycles. The lowest BCUT2D eigenvalue weighted by Crippen LogP contribution is -1.94. The van der Waals surface area contributed by atoms with Crippen molar-refractivity contribution in [3.8, 4) is 5.75 Å². The summed E-state index contributed by atoms with van der Waals surface area (Å²) in [4.78, 5) is 19.1. The first-order chi connectivity index (χ1) is 6.56. The summed E-state index contributed by atoms with van der Waals surface area (Å²) in [7, 11) is 0. The van der Waals surface area contributed by atoms with E-state index in [4.69, 9.17) is 11.9 Å². The minimum atomic E-state index is -0.815. The zero-order chi connectivity index (χ0) is 10.7. The molecule has 74 valence electrons. The molecule has 0 bridgehead atoms. The molecule has 0 unspecified atom stereocenters. The van der Waals surface area contributed by atoms with E-state index in [1.54, 1.807) is 0 Å². The molecule has 0 amide bonds. The fourth-order valence-electron chi connectivity index (χ4n) is 0.827. The van der Waals surface area contributed by atoms with Gasteiger partial charge >= 0.3 is 5.69 Å². The molecule has 1 rings (SSSR count). The van der Waals surface area contributed by atoms with Crippen molar-refractivity contribution in [2.75, 3.05) is 0 Å². The largest absolute Gasteiger partial charge is 0.378 e. The molecular formula is C6H3ClN2O5. The Morgan fingerprint density at radius 2 is 1.86 bits per heavy atom. The SMILES string of the molecule is O=[N+]([O-])c1ccc(OCl)c([N+](=O)[O-])c1. The molecule has 7 nitrogen and oxygen atoms in total. The average molecular weight is 219 g/mol. The highest BCUT2D eigenvalue weighted by atomic mass is 35.5. The highest BCUT2D eigenvalue weighted by molar-refractivity contribution is 6.09. The van der Waals surface area contributed by atoms with Crippen molar-refractivity contribution < 1.29 is 14.1 Å². The monoisotopic (exact) mass is 218 g/mol. The second kappa shape index (κ2) is 3.88. The van der Waals surface area contributed by atoms with Gasteiger partial charge in [0.1, 0.15) is 11.9 Å². The summed E-state index contributed by atoms with van der Waals surface area (Å²) in [5.74, 6) is -0.234. The van der Waals surface area contributed by atoms with Gasteiger partial charge in [-0.3, -0.25) is 20.2 Å². The first-order valence-electron chi connectivity index (χ1n) is 3.27. The molecule has 0 spiro atoms. The van der Waals surface area contributed by atoms with Gasteiger partial charge in [0.25, 0.3) is 5.69 Å². The first-order valence-corrected chi connectivity index (χ1v) is 3.58. The summed E-state index contributed by atoms with van der Waals surface area (Å²) < 4.78 is 4.15. The van der Waals surface area contributed by atoms with Crippen LogP contribution in [-0.4, -0.2) is 9.85 Å². The van der Waals surface area contributed by atoms with Gasteiger partial charge in [-0.2, -0.15) is 0 Å². The average Bonchev–Trinajstić information content (AvgIpc) is 2.16. The molecule has 0 aliphatic carbocycles. The van der Waals surface area contributed by atoms with Gasteiger partial charge < -0.3 is 4.29 Å². The predicted octanol–water partition coefficient (Wildman–Crippen LogP) is 2.04. The van der Waals surface area contributed by atoms with Gasteiger partial charge in [-0.15, -0.1) is 0 Å². The Balaban J connectivity index is 3.27. The van der Waals surface area contributed by atoms with E-state index >= 15 is 0 Å². The molecule has 0 saturated carbocycles. The molecule has 0 atom stereocenters. The first kappa shape index (κ1) is 10.2. The molecule has 0 fully saturated rings. The van der Waals surface area contributed by atoms with Gasteiger partial charge in [0.05, 0.1) is 15.9 Å². The number of rotatable bonds is 3. The van der Waals surface area contributed by atoms with Gasteiger partial charge in [0.2, 0.25) is 5.75 Å². The van der Waals surface area contributed by atoms with Gasteiger partial charge in [0.15, 0.2) is 0 Å². The van der Waals surface area contributed by atoms with Crippen LogP contribution in [0.25, 0.3) is 0 Å². The lowest BCUT2D eigenvalue weighted by atomic mass is 10.2. The van der Waals surface area contributed by atoms with Crippen LogP contribution in [0, 0.1) is 20.2 Å². The quantitative estimate of drug-likeness (QED) is 0.571. The van der Waals surface area contributed by atoms with Crippen LogP contribution in [0.1, 0.15) is 0 Å². The number of benzene rings is 1. The lowest BCUT2D eigenvalue weighted by Gasteiger charge is -1.97. The van der Waals surface area contributed by atoms with Crippen molar-refractivity contribution in [3.63, 3.8) is 0 Å². The van der Waals surface area contributed by atoms with Gasteiger partial charge in [-0.1, -0.05) is 0 Å². The summed E-state index contributed by atoms with van der Waals surface area (Å²) >= 11 is 4.93. The van der Waals surface area contributed by atoms with Crippen LogP contribution in [0.4, 0.5) is 11.4 Å². The normalized spacial score (nSPS) is 9.50. The number of nitro groups is 2. The van der Waals surface area contributed by atoms with Gasteiger partial charge in [-0.25, -0.2) is 0 Å². The third kappa shape index (κ3) is 1.88. The van der Waals surface area contributed by atoms with Crippen LogP contribution in [-0.2, 0) is 0 Å². The van der Waals surface area contributed by atoms with Crippen LogP contribution >= 0.6 is 11.9 Å². The number of halogens is 1. The Morgan fingerprint density at radius 1 is 1.21 bits per heavy atom. The van der Waals surface area contributed by atoms with Crippen molar-refractivity contribution in [2.45, 2.75) is 0 Å². The smallest absolute Gasteiger partial charge is 0.320 e. The van der Waals surface area contributed by atoms with Crippen LogP contribution in [0.5, 0.6) is 5.75 Å². The number of nitrogens with zero attached hydrogens (tertiary/aromatic N) is 2. The maximum absolute atomic E-state index is 10.4. The van der Waals surface area contributed by atoms with Crippen LogP contribution in [0.15, 0.2) is 18.2 Å². The molecule has 0 aromatic heterocycles. The molecule has 8 heteroatoms. The summed E-state index contributed by atoms with van der Waals surface area (Å²) in [5.41, 5.74) is -0.941. The third-order valence-electron chi connectivity index (χ3n) is 1.43. The molecule has 0 saturated heterocycles. The van der Waals surface area contributed by atoms with E-state index in [9.17, 15) is 20.2 Å². The maximum Gasteiger partial charge on any atom is 0.320 e. The molecule has 1 aromatic rings. The minimum Gasteiger partial charge on any atom is -0.378 e. The third-order valence-corrected chi connectivity index (χ3v) is 1.60. The van der Waals surface area contributed by atoms with Crippen LogP contribution < -0.4 is 4.29 Å².